The second kappa shape index (κ2) is 11.5. The molecule has 8 heteroatoms. The summed E-state index contributed by atoms with van der Waals surface area (Å²) in [6, 6.07) is 16.0. The average Bonchev–Trinajstić information content (AvgIpc) is 2.88. The highest BCUT2D eigenvalue weighted by Crippen LogP contribution is 2.30. The maximum absolute atomic E-state index is 13.6. The molecular weight excluding hydrogens is 480 g/mol. The lowest BCUT2D eigenvalue weighted by molar-refractivity contribution is -0.148. The van der Waals surface area contributed by atoms with Gasteiger partial charge < -0.3 is 19.9 Å². The van der Waals surface area contributed by atoms with Gasteiger partial charge in [0.2, 0.25) is 11.8 Å². The molecule has 0 radical (unpaired) electrons. The van der Waals surface area contributed by atoms with Gasteiger partial charge in [-0.1, -0.05) is 11.6 Å². The molecule has 2 fully saturated rings. The summed E-state index contributed by atoms with van der Waals surface area (Å²) in [6.07, 6.45) is 4.90. The largest absolute Gasteiger partial charge is 0.457 e. The van der Waals surface area contributed by atoms with E-state index in [-0.39, 0.29) is 11.8 Å². The smallest absolute Gasteiger partial charge is 0.331 e. The summed E-state index contributed by atoms with van der Waals surface area (Å²) in [5, 5.41) is 12.4. The summed E-state index contributed by atoms with van der Waals surface area (Å²) in [7, 11) is 0. The molecule has 38 heavy (non-hydrogen) atoms. The average molecular weight is 515 g/mol. The van der Waals surface area contributed by atoms with Crippen molar-refractivity contribution in [3.63, 3.8) is 0 Å². The number of ether oxygens (including phenoxy) is 1. The monoisotopic (exact) mass is 514 g/mol. The number of carbonyl (C=O) groups is 3. The van der Waals surface area contributed by atoms with Gasteiger partial charge in [-0.15, -0.1) is 0 Å². The molecule has 0 bridgehead atoms. The Morgan fingerprint density at radius 3 is 2.50 bits per heavy atom. The highest BCUT2D eigenvalue weighted by Gasteiger charge is 2.32. The predicted molar refractivity (Wildman–Crippen MR) is 147 cm³/mol. The Hall–Kier alpha value is -4.12. The first kappa shape index (κ1) is 26.9. The molecule has 8 nitrogen and oxygen atoms in total. The molecule has 2 aromatic rings. The number of hydrogen-bond donors (Lipinski definition) is 1. The highest BCUT2D eigenvalue weighted by atomic mass is 16.6. The lowest BCUT2D eigenvalue weighted by Gasteiger charge is -2.37. The molecule has 2 aromatic carbocycles. The van der Waals surface area contributed by atoms with Gasteiger partial charge in [0, 0.05) is 42.6 Å². The van der Waals surface area contributed by atoms with Crippen LogP contribution in [0.5, 0.6) is 0 Å². The summed E-state index contributed by atoms with van der Waals surface area (Å²) < 4.78 is 5.45. The number of amides is 2. The van der Waals surface area contributed by atoms with Crippen molar-refractivity contribution < 1.29 is 19.1 Å². The first-order chi connectivity index (χ1) is 18.1. The molecule has 2 heterocycles. The van der Waals surface area contributed by atoms with E-state index < -0.39 is 17.6 Å². The number of nitriles is 1. The van der Waals surface area contributed by atoms with E-state index in [1.165, 1.54) is 6.08 Å². The van der Waals surface area contributed by atoms with E-state index in [9.17, 15) is 19.6 Å². The Morgan fingerprint density at radius 2 is 1.82 bits per heavy atom. The molecule has 198 valence electrons. The number of esters is 1. The number of piperidine rings is 2. The Labute approximate surface area is 223 Å². The first-order valence-corrected chi connectivity index (χ1v) is 13.0. The number of rotatable bonds is 5. The standard InChI is InChI=1S/C30H34N4O4/c1-30(2,3)38-28(36)19-21-14-16-33(25-8-6-7-22(17-25)20-31)26(18-21)29(37)32-23-10-12-24(13-11-23)34-15-5-4-9-27(34)35/h6-8,10-13,17,19,26H,4-5,9,14-16,18H2,1-3H3,(H,32,37)/t26-/m0/s1. The van der Waals surface area contributed by atoms with Gasteiger partial charge in [-0.2, -0.15) is 5.26 Å². The van der Waals surface area contributed by atoms with E-state index in [2.05, 4.69) is 11.4 Å². The summed E-state index contributed by atoms with van der Waals surface area (Å²) in [4.78, 5) is 42.0. The lowest BCUT2D eigenvalue weighted by Crippen LogP contribution is -2.48. The fourth-order valence-electron chi connectivity index (χ4n) is 4.84. The third-order valence-corrected chi connectivity index (χ3v) is 6.61. The second-order valence-electron chi connectivity index (χ2n) is 10.7. The number of nitrogens with one attached hydrogen (secondary N) is 1. The molecule has 2 amide bonds. The molecule has 1 atom stereocenters. The lowest BCUT2D eigenvalue weighted by atomic mass is 9.94. The normalized spacial score (nSPS) is 19.2. The van der Waals surface area contributed by atoms with Gasteiger partial charge in [0.05, 0.1) is 11.6 Å². The molecule has 2 aliphatic rings. The molecule has 0 unspecified atom stereocenters. The Morgan fingerprint density at radius 1 is 1.05 bits per heavy atom. The van der Waals surface area contributed by atoms with E-state index >= 15 is 0 Å². The van der Waals surface area contributed by atoms with Crippen molar-refractivity contribution in [3.05, 3.63) is 65.7 Å². The fourth-order valence-corrected chi connectivity index (χ4v) is 4.84. The van der Waals surface area contributed by atoms with E-state index in [1.807, 2.05) is 43.9 Å². The van der Waals surface area contributed by atoms with E-state index in [0.29, 0.717) is 43.6 Å². The van der Waals surface area contributed by atoms with Crippen molar-refractivity contribution in [2.45, 2.75) is 64.5 Å². The van der Waals surface area contributed by atoms with Crippen LogP contribution in [-0.2, 0) is 19.1 Å². The van der Waals surface area contributed by atoms with Crippen LogP contribution in [0.25, 0.3) is 0 Å². The van der Waals surface area contributed by atoms with Crippen molar-refractivity contribution >= 4 is 34.8 Å². The minimum absolute atomic E-state index is 0.120. The van der Waals surface area contributed by atoms with Gasteiger partial charge >= 0.3 is 5.97 Å². The van der Waals surface area contributed by atoms with Crippen molar-refractivity contribution in [2.24, 2.45) is 0 Å². The number of nitrogens with zero attached hydrogens (tertiary/aromatic N) is 3. The number of benzene rings is 2. The van der Waals surface area contributed by atoms with Crippen LogP contribution in [0.4, 0.5) is 17.1 Å². The summed E-state index contributed by atoms with van der Waals surface area (Å²) in [5.41, 5.74) is 2.97. The quantitative estimate of drug-likeness (QED) is 0.447. The minimum atomic E-state index is -0.603. The van der Waals surface area contributed by atoms with Crippen LogP contribution in [0, 0.1) is 11.3 Å². The number of carbonyl (C=O) groups excluding carboxylic acids is 3. The first-order valence-electron chi connectivity index (χ1n) is 13.0. The molecule has 4 rings (SSSR count). The zero-order chi connectivity index (χ0) is 27.3. The molecule has 0 aromatic heterocycles. The van der Waals surface area contributed by atoms with Crippen molar-refractivity contribution in [2.75, 3.05) is 28.2 Å². The van der Waals surface area contributed by atoms with Gasteiger partial charge in [0.1, 0.15) is 11.6 Å². The Kier molecular flexibility index (Phi) is 8.16. The van der Waals surface area contributed by atoms with Crippen LogP contribution in [0.15, 0.2) is 60.2 Å². The highest BCUT2D eigenvalue weighted by molar-refractivity contribution is 5.98. The zero-order valence-electron chi connectivity index (χ0n) is 22.2. The van der Waals surface area contributed by atoms with Gasteiger partial charge in [-0.05, 0) is 88.9 Å². The van der Waals surface area contributed by atoms with Crippen LogP contribution in [0.3, 0.4) is 0 Å². The molecule has 0 aliphatic carbocycles. The number of hydrogen-bond acceptors (Lipinski definition) is 6. The van der Waals surface area contributed by atoms with Gasteiger partial charge in [-0.25, -0.2) is 4.79 Å². The van der Waals surface area contributed by atoms with E-state index in [0.717, 1.165) is 29.8 Å². The summed E-state index contributed by atoms with van der Waals surface area (Å²) in [5.74, 6) is -0.520. The Bertz CT molecular complexity index is 1270. The van der Waals surface area contributed by atoms with Crippen molar-refractivity contribution in [1.82, 2.24) is 0 Å². The van der Waals surface area contributed by atoms with Gasteiger partial charge in [0.25, 0.3) is 0 Å². The van der Waals surface area contributed by atoms with Crippen LogP contribution >= 0.6 is 0 Å². The van der Waals surface area contributed by atoms with Crippen LogP contribution < -0.4 is 15.1 Å². The van der Waals surface area contributed by atoms with Gasteiger partial charge in [0.15, 0.2) is 0 Å². The molecule has 2 saturated heterocycles. The molecule has 0 saturated carbocycles. The molecule has 0 spiro atoms. The number of anilines is 3. The van der Waals surface area contributed by atoms with Crippen LogP contribution in [0.2, 0.25) is 0 Å². The predicted octanol–water partition coefficient (Wildman–Crippen LogP) is 4.95. The minimum Gasteiger partial charge on any atom is -0.457 e. The molecular formula is C30H34N4O4. The van der Waals surface area contributed by atoms with Crippen LogP contribution in [-0.4, -0.2) is 42.5 Å². The van der Waals surface area contributed by atoms with Gasteiger partial charge in [-0.3, -0.25) is 9.59 Å². The summed E-state index contributed by atoms with van der Waals surface area (Å²) in [6.45, 7) is 6.67. The van der Waals surface area contributed by atoms with Crippen molar-refractivity contribution in [1.29, 1.82) is 5.26 Å². The third kappa shape index (κ3) is 6.80. The second-order valence-corrected chi connectivity index (χ2v) is 10.7. The van der Waals surface area contributed by atoms with Crippen LogP contribution in [0.1, 0.15) is 58.4 Å². The third-order valence-electron chi connectivity index (χ3n) is 6.61. The molecule has 1 N–H and O–H groups in total. The maximum Gasteiger partial charge on any atom is 0.331 e. The topological polar surface area (TPSA) is 103 Å². The zero-order valence-corrected chi connectivity index (χ0v) is 22.2. The Balaban J connectivity index is 1.54. The fraction of sp³-hybridized carbons (Fsp3) is 0.400. The van der Waals surface area contributed by atoms with E-state index in [1.54, 1.807) is 35.2 Å². The SMILES string of the molecule is CC(C)(C)OC(=O)C=C1CCN(c2cccc(C#N)c2)[C@H](C(=O)Nc2ccc(N3CCCCC3=O)cc2)C1. The molecule has 2 aliphatic heterocycles. The van der Waals surface area contributed by atoms with Crippen molar-refractivity contribution in [3.8, 4) is 6.07 Å². The van der Waals surface area contributed by atoms with E-state index in [4.69, 9.17) is 4.74 Å². The maximum atomic E-state index is 13.6. The summed E-state index contributed by atoms with van der Waals surface area (Å²) >= 11 is 0.